The Kier molecular flexibility index (Phi) is 2.97. The molecule has 0 atom stereocenters. The molecule has 1 aliphatic carbocycles. The Bertz CT molecular complexity index is 578. The van der Waals surface area contributed by atoms with Gasteiger partial charge in [0.2, 0.25) is 0 Å². The van der Waals surface area contributed by atoms with Gasteiger partial charge in [0.25, 0.3) is 0 Å². The fourth-order valence-electron chi connectivity index (χ4n) is 2.52. The number of rotatable bonds is 0. The summed E-state index contributed by atoms with van der Waals surface area (Å²) in [7, 11) is 0. The number of hydrogen-bond acceptors (Lipinski definition) is 1. The molecule has 3 heteroatoms. The number of aryl methyl sites for hydroxylation is 1. The molecule has 0 amide bonds. The molecule has 3 rings (SSSR count). The molecule has 0 spiro atoms. The first kappa shape index (κ1) is 11.3. The molecule has 0 radical (unpaired) electrons. The van der Waals surface area contributed by atoms with Crippen LogP contribution in [-0.2, 0) is 12.8 Å². The lowest BCUT2D eigenvalue weighted by molar-refractivity contribution is 0.709. The van der Waals surface area contributed by atoms with Gasteiger partial charge >= 0.3 is 0 Å². The lowest BCUT2D eigenvalue weighted by atomic mass is 10.1. The minimum atomic E-state index is 0.717. The second-order valence-electron chi connectivity index (χ2n) is 4.57. The Hall–Kier alpha value is -0.790. The summed E-state index contributed by atoms with van der Waals surface area (Å²) in [5.74, 6) is 0. The Balaban J connectivity index is 2.29. The van der Waals surface area contributed by atoms with Crippen molar-refractivity contribution in [3.8, 4) is 0 Å². The van der Waals surface area contributed by atoms with Gasteiger partial charge < -0.3 is 0 Å². The molecule has 0 aliphatic heterocycles. The van der Waals surface area contributed by atoms with Crippen LogP contribution in [0.25, 0.3) is 10.9 Å². The van der Waals surface area contributed by atoms with Gasteiger partial charge in [-0.05, 0) is 49.4 Å². The van der Waals surface area contributed by atoms with Crippen LogP contribution in [0.1, 0.15) is 30.5 Å². The summed E-state index contributed by atoms with van der Waals surface area (Å²) in [6, 6.07) is 5.74. The van der Waals surface area contributed by atoms with Gasteiger partial charge in [-0.3, -0.25) is 4.98 Å². The maximum absolute atomic E-state index is 6.51. The van der Waals surface area contributed by atoms with Gasteiger partial charge in [-0.2, -0.15) is 0 Å². The second kappa shape index (κ2) is 4.47. The second-order valence-corrected chi connectivity index (χ2v) is 5.39. The molecule has 1 aromatic carbocycles. The van der Waals surface area contributed by atoms with E-state index in [2.05, 4.69) is 0 Å². The van der Waals surface area contributed by atoms with E-state index in [1.807, 2.05) is 18.2 Å². The van der Waals surface area contributed by atoms with Crippen LogP contribution in [0.15, 0.2) is 18.2 Å². The first-order valence-corrected chi connectivity index (χ1v) is 6.78. The zero-order valence-electron chi connectivity index (χ0n) is 9.47. The average molecular weight is 266 g/mol. The Morgan fingerprint density at radius 1 is 1.00 bits per heavy atom. The standard InChI is InChI=1S/C14H13Cl2N/c15-9-6-7-13-11(8-9)14(16)10-4-2-1-3-5-12(10)17-13/h6-8H,1-5H2. The first-order valence-electron chi connectivity index (χ1n) is 6.02. The van der Waals surface area contributed by atoms with Crippen molar-refractivity contribution in [3.63, 3.8) is 0 Å². The van der Waals surface area contributed by atoms with Crippen molar-refractivity contribution in [1.29, 1.82) is 0 Å². The lowest BCUT2D eigenvalue weighted by Crippen LogP contribution is -1.98. The first-order chi connectivity index (χ1) is 8.25. The molecule has 1 aromatic heterocycles. The van der Waals surface area contributed by atoms with E-state index in [-0.39, 0.29) is 0 Å². The summed E-state index contributed by atoms with van der Waals surface area (Å²) in [6.07, 6.45) is 5.79. The van der Waals surface area contributed by atoms with Crippen LogP contribution in [0.2, 0.25) is 10.0 Å². The van der Waals surface area contributed by atoms with Gasteiger partial charge in [-0.25, -0.2) is 0 Å². The molecule has 17 heavy (non-hydrogen) atoms. The molecule has 2 aromatic rings. The minimum absolute atomic E-state index is 0.717. The number of hydrogen-bond donors (Lipinski definition) is 0. The van der Waals surface area contributed by atoms with Crippen LogP contribution in [0.3, 0.4) is 0 Å². The number of nitrogens with zero attached hydrogens (tertiary/aromatic N) is 1. The third kappa shape index (κ3) is 2.02. The maximum Gasteiger partial charge on any atom is 0.0721 e. The van der Waals surface area contributed by atoms with Crippen molar-refractivity contribution in [2.45, 2.75) is 32.1 Å². The maximum atomic E-state index is 6.51. The zero-order valence-corrected chi connectivity index (χ0v) is 11.0. The van der Waals surface area contributed by atoms with E-state index in [4.69, 9.17) is 28.2 Å². The van der Waals surface area contributed by atoms with E-state index < -0.39 is 0 Å². The largest absolute Gasteiger partial charge is 0.252 e. The molecule has 1 heterocycles. The van der Waals surface area contributed by atoms with Crippen LogP contribution >= 0.6 is 23.2 Å². The highest BCUT2D eigenvalue weighted by atomic mass is 35.5. The van der Waals surface area contributed by atoms with Crippen LogP contribution < -0.4 is 0 Å². The quantitative estimate of drug-likeness (QED) is 0.623. The summed E-state index contributed by atoms with van der Waals surface area (Å²) < 4.78 is 0. The predicted octanol–water partition coefficient (Wildman–Crippen LogP) is 4.81. The molecule has 0 bridgehead atoms. The van der Waals surface area contributed by atoms with E-state index >= 15 is 0 Å². The predicted molar refractivity (Wildman–Crippen MR) is 73.0 cm³/mol. The summed E-state index contributed by atoms with van der Waals surface area (Å²) in [5, 5.41) is 2.56. The average Bonchev–Trinajstić information content (AvgIpc) is 2.56. The van der Waals surface area contributed by atoms with Crippen molar-refractivity contribution in [2.24, 2.45) is 0 Å². The van der Waals surface area contributed by atoms with Crippen LogP contribution in [-0.4, -0.2) is 4.98 Å². The lowest BCUT2D eigenvalue weighted by Gasteiger charge is -2.10. The molecular formula is C14H13Cl2N. The summed E-state index contributed by atoms with van der Waals surface area (Å²) in [4.78, 5) is 4.73. The van der Waals surface area contributed by atoms with Crippen LogP contribution in [0.4, 0.5) is 0 Å². The van der Waals surface area contributed by atoms with Crippen molar-refractivity contribution in [2.75, 3.05) is 0 Å². The fourth-order valence-corrected chi connectivity index (χ4v) is 3.04. The molecule has 88 valence electrons. The van der Waals surface area contributed by atoms with Crippen molar-refractivity contribution < 1.29 is 0 Å². The van der Waals surface area contributed by atoms with Gasteiger partial charge in [0, 0.05) is 16.1 Å². The van der Waals surface area contributed by atoms with Crippen molar-refractivity contribution >= 4 is 34.1 Å². The fraction of sp³-hybridized carbons (Fsp3) is 0.357. The van der Waals surface area contributed by atoms with Gasteiger partial charge in [-0.1, -0.05) is 29.6 Å². The molecule has 1 nitrogen and oxygen atoms in total. The van der Waals surface area contributed by atoms with E-state index in [1.54, 1.807) is 0 Å². The number of pyridine rings is 1. The SMILES string of the molecule is Clc1ccc2nc3c(c(Cl)c2c1)CCCCC3. The summed E-state index contributed by atoms with van der Waals surface area (Å²) in [6.45, 7) is 0. The third-order valence-electron chi connectivity index (χ3n) is 3.40. The van der Waals surface area contributed by atoms with Gasteiger partial charge in [-0.15, -0.1) is 0 Å². The highest BCUT2D eigenvalue weighted by Gasteiger charge is 2.15. The molecule has 0 saturated heterocycles. The van der Waals surface area contributed by atoms with Crippen molar-refractivity contribution in [3.05, 3.63) is 39.5 Å². The van der Waals surface area contributed by atoms with Gasteiger partial charge in [0.05, 0.1) is 10.5 Å². The summed E-state index contributed by atoms with van der Waals surface area (Å²) >= 11 is 12.5. The number of aromatic nitrogens is 1. The molecule has 1 aliphatic rings. The number of benzene rings is 1. The van der Waals surface area contributed by atoms with Gasteiger partial charge in [0.15, 0.2) is 0 Å². The van der Waals surface area contributed by atoms with E-state index in [0.29, 0.717) is 0 Å². The minimum Gasteiger partial charge on any atom is -0.252 e. The smallest absolute Gasteiger partial charge is 0.0721 e. The molecule has 0 saturated carbocycles. The number of fused-ring (bicyclic) bond motifs is 2. The molecule has 0 unspecified atom stereocenters. The summed E-state index contributed by atoms with van der Waals surface area (Å²) in [5.41, 5.74) is 3.38. The van der Waals surface area contributed by atoms with Gasteiger partial charge in [0.1, 0.15) is 0 Å². The highest BCUT2D eigenvalue weighted by Crippen LogP contribution is 2.33. The van der Waals surface area contributed by atoms with E-state index in [1.165, 1.54) is 30.5 Å². The zero-order chi connectivity index (χ0) is 11.8. The van der Waals surface area contributed by atoms with Crippen LogP contribution in [0, 0.1) is 0 Å². The molecule has 0 fully saturated rings. The van der Waals surface area contributed by atoms with E-state index in [0.717, 1.165) is 33.8 Å². The third-order valence-corrected chi connectivity index (χ3v) is 4.07. The Morgan fingerprint density at radius 3 is 2.71 bits per heavy atom. The molecule has 0 N–H and O–H groups in total. The normalized spacial score (nSPS) is 15.6. The number of halogens is 2. The molecular weight excluding hydrogens is 253 g/mol. The topological polar surface area (TPSA) is 12.9 Å². The highest BCUT2D eigenvalue weighted by molar-refractivity contribution is 6.37. The van der Waals surface area contributed by atoms with Crippen LogP contribution in [0.5, 0.6) is 0 Å². The monoisotopic (exact) mass is 265 g/mol. The van der Waals surface area contributed by atoms with Crippen molar-refractivity contribution in [1.82, 2.24) is 4.98 Å². The van der Waals surface area contributed by atoms with E-state index in [9.17, 15) is 0 Å². The Labute approximate surface area is 111 Å². The Morgan fingerprint density at radius 2 is 1.82 bits per heavy atom.